The minimum Gasteiger partial charge on any atom is -0.396 e. The van der Waals surface area contributed by atoms with Crippen molar-refractivity contribution in [3.63, 3.8) is 0 Å². The summed E-state index contributed by atoms with van der Waals surface area (Å²) in [6.45, 7) is 8.22. The molecule has 1 N–H and O–H groups in total. The number of aliphatic hydroxyl groups is 1. The van der Waals surface area contributed by atoms with Crippen LogP contribution < -0.4 is 0 Å². The average molecular weight is 177 g/mol. The molecule has 0 amide bonds. The second kappa shape index (κ2) is 4.43. The van der Waals surface area contributed by atoms with Gasteiger partial charge in [0.15, 0.2) is 0 Å². The SMILES string of the molecule is [CH2]C(CO)c1cc(C)cc(CC)c1. The Morgan fingerprint density at radius 2 is 2.08 bits per heavy atom. The van der Waals surface area contributed by atoms with Crippen molar-refractivity contribution in [1.82, 2.24) is 0 Å². The zero-order valence-corrected chi connectivity index (χ0v) is 8.38. The lowest BCUT2D eigenvalue weighted by Crippen LogP contribution is -2.00. The molecule has 0 aliphatic carbocycles. The fraction of sp³-hybridized carbons (Fsp3) is 0.417. The third kappa shape index (κ3) is 2.56. The van der Waals surface area contributed by atoms with E-state index in [0.717, 1.165) is 12.0 Å². The van der Waals surface area contributed by atoms with E-state index >= 15 is 0 Å². The van der Waals surface area contributed by atoms with Crippen molar-refractivity contribution in [3.8, 4) is 0 Å². The lowest BCUT2D eigenvalue weighted by molar-refractivity contribution is 0.282. The molecular formula is C12H17O. The Bertz CT molecular complexity index is 278. The highest BCUT2D eigenvalue weighted by Crippen LogP contribution is 2.18. The van der Waals surface area contributed by atoms with Gasteiger partial charge in [-0.2, -0.15) is 0 Å². The van der Waals surface area contributed by atoms with Crippen LogP contribution in [0.25, 0.3) is 0 Å². The molecular weight excluding hydrogens is 160 g/mol. The van der Waals surface area contributed by atoms with Crippen LogP contribution in [0.2, 0.25) is 0 Å². The van der Waals surface area contributed by atoms with E-state index in [2.05, 4.69) is 39.0 Å². The van der Waals surface area contributed by atoms with Crippen molar-refractivity contribution < 1.29 is 5.11 Å². The van der Waals surface area contributed by atoms with Crippen molar-refractivity contribution in [1.29, 1.82) is 0 Å². The molecule has 0 saturated heterocycles. The summed E-state index contributed by atoms with van der Waals surface area (Å²) in [6.07, 6.45) is 1.03. The fourth-order valence-corrected chi connectivity index (χ4v) is 1.44. The average Bonchev–Trinajstić information content (AvgIpc) is 2.15. The van der Waals surface area contributed by atoms with Crippen molar-refractivity contribution in [2.75, 3.05) is 6.61 Å². The predicted octanol–water partition coefficient (Wildman–Crippen LogP) is 2.47. The van der Waals surface area contributed by atoms with Crippen molar-refractivity contribution in [3.05, 3.63) is 41.8 Å². The summed E-state index contributed by atoms with van der Waals surface area (Å²) in [5, 5.41) is 8.98. The highest BCUT2D eigenvalue weighted by atomic mass is 16.3. The van der Waals surface area contributed by atoms with E-state index in [4.69, 9.17) is 5.11 Å². The summed E-state index contributed by atoms with van der Waals surface area (Å²) in [7, 11) is 0. The van der Waals surface area contributed by atoms with Crippen LogP contribution in [0.5, 0.6) is 0 Å². The number of hydrogen-bond donors (Lipinski definition) is 1. The molecule has 1 radical (unpaired) electrons. The van der Waals surface area contributed by atoms with Crippen molar-refractivity contribution in [2.24, 2.45) is 0 Å². The standard InChI is InChI=1S/C12H17O/c1-4-11-5-9(2)6-12(7-11)10(3)8-13/h5-7,10,13H,3-4,8H2,1-2H3. The van der Waals surface area contributed by atoms with Gasteiger partial charge in [-0.25, -0.2) is 0 Å². The van der Waals surface area contributed by atoms with Gasteiger partial charge in [0.2, 0.25) is 0 Å². The van der Waals surface area contributed by atoms with Gasteiger partial charge in [0, 0.05) is 12.5 Å². The van der Waals surface area contributed by atoms with Gasteiger partial charge in [-0.15, -0.1) is 0 Å². The maximum atomic E-state index is 8.98. The Labute approximate surface area is 80.4 Å². The van der Waals surface area contributed by atoms with E-state index in [1.165, 1.54) is 11.1 Å². The Kier molecular flexibility index (Phi) is 3.49. The summed E-state index contributed by atoms with van der Waals surface area (Å²) >= 11 is 0. The molecule has 1 unspecified atom stereocenters. The smallest absolute Gasteiger partial charge is 0.0499 e. The number of benzene rings is 1. The summed E-state index contributed by atoms with van der Waals surface area (Å²) in [6, 6.07) is 6.39. The normalized spacial score (nSPS) is 12.9. The molecule has 0 spiro atoms. The summed E-state index contributed by atoms with van der Waals surface area (Å²) < 4.78 is 0. The molecule has 0 saturated carbocycles. The number of aliphatic hydroxyl groups excluding tert-OH is 1. The summed E-state index contributed by atoms with van der Waals surface area (Å²) in [5.74, 6) is 0.00481. The zero-order valence-electron chi connectivity index (χ0n) is 8.38. The molecule has 1 aromatic carbocycles. The largest absolute Gasteiger partial charge is 0.396 e. The first kappa shape index (κ1) is 10.3. The first-order chi connectivity index (χ1) is 6.17. The third-order valence-corrected chi connectivity index (χ3v) is 2.26. The first-order valence-electron chi connectivity index (χ1n) is 4.71. The monoisotopic (exact) mass is 177 g/mol. The van der Waals surface area contributed by atoms with Gasteiger partial charge in [-0.1, -0.05) is 30.7 Å². The molecule has 0 aromatic heterocycles. The molecule has 0 bridgehead atoms. The maximum Gasteiger partial charge on any atom is 0.0499 e. The van der Waals surface area contributed by atoms with Gasteiger partial charge in [0.1, 0.15) is 0 Å². The molecule has 0 heterocycles. The number of rotatable bonds is 3. The highest BCUT2D eigenvalue weighted by molar-refractivity contribution is 5.32. The molecule has 1 aromatic rings. The second-order valence-electron chi connectivity index (χ2n) is 3.48. The van der Waals surface area contributed by atoms with Gasteiger partial charge in [0.25, 0.3) is 0 Å². The van der Waals surface area contributed by atoms with Gasteiger partial charge >= 0.3 is 0 Å². The minimum absolute atomic E-state index is 0.00481. The van der Waals surface area contributed by atoms with E-state index in [-0.39, 0.29) is 12.5 Å². The maximum absolute atomic E-state index is 8.98. The fourth-order valence-electron chi connectivity index (χ4n) is 1.44. The van der Waals surface area contributed by atoms with E-state index in [1.54, 1.807) is 0 Å². The van der Waals surface area contributed by atoms with Crippen molar-refractivity contribution >= 4 is 0 Å². The lowest BCUT2D eigenvalue weighted by Gasteiger charge is -2.11. The first-order valence-corrected chi connectivity index (χ1v) is 4.71. The van der Waals surface area contributed by atoms with E-state index in [9.17, 15) is 0 Å². The molecule has 0 aliphatic heterocycles. The topological polar surface area (TPSA) is 20.2 Å². The van der Waals surface area contributed by atoms with Crippen LogP contribution >= 0.6 is 0 Å². The molecule has 1 heteroatoms. The number of aryl methyl sites for hydroxylation is 2. The van der Waals surface area contributed by atoms with Crippen LogP contribution in [-0.4, -0.2) is 11.7 Å². The summed E-state index contributed by atoms with van der Waals surface area (Å²) in [4.78, 5) is 0. The van der Waals surface area contributed by atoms with Gasteiger partial charge in [-0.3, -0.25) is 0 Å². The molecule has 0 aliphatic rings. The zero-order chi connectivity index (χ0) is 9.84. The summed E-state index contributed by atoms with van der Waals surface area (Å²) in [5.41, 5.74) is 3.70. The van der Waals surface area contributed by atoms with Gasteiger partial charge in [-0.05, 0) is 31.4 Å². The Balaban J connectivity index is 3.01. The lowest BCUT2D eigenvalue weighted by atomic mass is 9.96. The van der Waals surface area contributed by atoms with E-state index in [0.29, 0.717) is 0 Å². The molecule has 71 valence electrons. The predicted molar refractivity (Wildman–Crippen MR) is 55.7 cm³/mol. The third-order valence-electron chi connectivity index (χ3n) is 2.26. The van der Waals surface area contributed by atoms with Crippen LogP contribution in [0.15, 0.2) is 18.2 Å². The molecule has 1 atom stereocenters. The Hall–Kier alpha value is -0.820. The van der Waals surface area contributed by atoms with Crippen LogP contribution in [0.3, 0.4) is 0 Å². The second-order valence-corrected chi connectivity index (χ2v) is 3.48. The van der Waals surface area contributed by atoms with Crippen LogP contribution in [0, 0.1) is 13.8 Å². The molecule has 1 nitrogen and oxygen atoms in total. The van der Waals surface area contributed by atoms with Gasteiger partial charge in [0.05, 0.1) is 0 Å². The highest BCUT2D eigenvalue weighted by Gasteiger charge is 2.05. The van der Waals surface area contributed by atoms with E-state index < -0.39 is 0 Å². The van der Waals surface area contributed by atoms with Crippen LogP contribution in [0.4, 0.5) is 0 Å². The molecule has 1 rings (SSSR count). The minimum atomic E-state index is 0.00481. The Morgan fingerprint density at radius 3 is 2.62 bits per heavy atom. The number of hydrogen-bond acceptors (Lipinski definition) is 1. The van der Waals surface area contributed by atoms with Crippen molar-refractivity contribution in [2.45, 2.75) is 26.2 Å². The van der Waals surface area contributed by atoms with Crippen LogP contribution in [0.1, 0.15) is 29.5 Å². The van der Waals surface area contributed by atoms with Gasteiger partial charge < -0.3 is 5.11 Å². The van der Waals surface area contributed by atoms with Crippen LogP contribution in [-0.2, 0) is 6.42 Å². The van der Waals surface area contributed by atoms with E-state index in [1.807, 2.05) is 0 Å². The quantitative estimate of drug-likeness (QED) is 0.752. The molecule has 13 heavy (non-hydrogen) atoms. The molecule has 0 fully saturated rings. The Morgan fingerprint density at radius 1 is 1.38 bits per heavy atom.